The van der Waals surface area contributed by atoms with Gasteiger partial charge in [-0.3, -0.25) is 4.79 Å². The summed E-state index contributed by atoms with van der Waals surface area (Å²) in [6.45, 7) is 7.81. The predicted octanol–water partition coefficient (Wildman–Crippen LogP) is 3.91. The molecule has 0 fully saturated rings. The lowest BCUT2D eigenvalue weighted by Crippen LogP contribution is -2.27. The molecular weight excluding hydrogens is 232 g/mol. The first-order chi connectivity index (χ1) is 7.83. The van der Waals surface area contributed by atoms with Gasteiger partial charge in [0.1, 0.15) is 4.75 Å². The second kappa shape index (κ2) is 5.58. The number of thioether (sulfide) groups is 1. The summed E-state index contributed by atoms with van der Waals surface area (Å²) in [5, 5.41) is 9.02. The highest BCUT2D eigenvalue weighted by Crippen LogP contribution is 2.28. The van der Waals surface area contributed by atoms with Crippen molar-refractivity contribution in [2.24, 2.45) is 0 Å². The van der Waals surface area contributed by atoms with Gasteiger partial charge >= 0.3 is 5.97 Å². The Labute approximate surface area is 107 Å². The molecule has 1 aromatic rings. The van der Waals surface area contributed by atoms with Crippen LogP contribution in [0.3, 0.4) is 0 Å². The third-order valence-corrected chi connectivity index (χ3v) is 4.14. The number of hydrogen-bond donors (Lipinski definition) is 1. The quantitative estimate of drug-likeness (QED) is 0.863. The standard InChI is InChI=1S/C14H20O2S/c1-10(2)12-7-5-11(6-8-12)9-17-14(3,4)13(15)16/h5-8,10H,9H2,1-4H3,(H,15,16). The summed E-state index contributed by atoms with van der Waals surface area (Å²) in [6, 6.07) is 8.41. The van der Waals surface area contributed by atoms with Crippen molar-refractivity contribution in [3.63, 3.8) is 0 Å². The Hall–Kier alpha value is -0.960. The molecule has 0 aromatic heterocycles. The zero-order chi connectivity index (χ0) is 13.1. The zero-order valence-electron chi connectivity index (χ0n) is 10.9. The van der Waals surface area contributed by atoms with E-state index < -0.39 is 10.7 Å². The maximum Gasteiger partial charge on any atom is 0.319 e. The summed E-state index contributed by atoms with van der Waals surface area (Å²) in [7, 11) is 0. The van der Waals surface area contributed by atoms with Gasteiger partial charge in [0.15, 0.2) is 0 Å². The lowest BCUT2D eigenvalue weighted by Gasteiger charge is -2.18. The molecular formula is C14H20O2S. The molecule has 17 heavy (non-hydrogen) atoms. The number of aliphatic carboxylic acids is 1. The summed E-state index contributed by atoms with van der Waals surface area (Å²) < 4.78 is -0.725. The van der Waals surface area contributed by atoms with E-state index in [4.69, 9.17) is 5.11 Å². The summed E-state index contributed by atoms with van der Waals surface area (Å²) in [5.74, 6) is 0.506. The number of carboxylic acids is 1. The first kappa shape index (κ1) is 14.1. The van der Waals surface area contributed by atoms with Crippen LogP contribution in [0.4, 0.5) is 0 Å². The molecule has 0 saturated carbocycles. The van der Waals surface area contributed by atoms with Crippen LogP contribution in [0, 0.1) is 0 Å². The van der Waals surface area contributed by atoms with E-state index in [1.807, 2.05) is 0 Å². The van der Waals surface area contributed by atoms with Crippen molar-refractivity contribution in [2.45, 2.75) is 44.1 Å². The highest BCUT2D eigenvalue weighted by atomic mass is 32.2. The molecule has 0 aliphatic heterocycles. The Kier molecular flexibility index (Phi) is 4.63. The van der Waals surface area contributed by atoms with Crippen molar-refractivity contribution < 1.29 is 9.90 Å². The molecule has 3 heteroatoms. The van der Waals surface area contributed by atoms with Gasteiger partial charge in [-0.1, -0.05) is 38.1 Å². The Morgan fingerprint density at radius 3 is 2.24 bits per heavy atom. The molecule has 0 bridgehead atoms. The Bertz CT molecular complexity index is 380. The van der Waals surface area contributed by atoms with Gasteiger partial charge in [0.05, 0.1) is 0 Å². The molecule has 1 aromatic carbocycles. The van der Waals surface area contributed by atoms with Crippen LogP contribution >= 0.6 is 11.8 Å². The summed E-state index contributed by atoms with van der Waals surface area (Å²) in [4.78, 5) is 11.0. The Morgan fingerprint density at radius 2 is 1.82 bits per heavy atom. The van der Waals surface area contributed by atoms with Crippen molar-refractivity contribution in [1.82, 2.24) is 0 Å². The van der Waals surface area contributed by atoms with Crippen LogP contribution in [0.1, 0.15) is 44.7 Å². The molecule has 0 unspecified atom stereocenters. The fraction of sp³-hybridized carbons (Fsp3) is 0.500. The number of hydrogen-bond acceptors (Lipinski definition) is 2. The van der Waals surface area contributed by atoms with Gasteiger partial charge < -0.3 is 5.11 Å². The molecule has 0 radical (unpaired) electrons. The van der Waals surface area contributed by atoms with Gasteiger partial charge in [0.2, 0.25) is 0 Å². The zero-order valence-corrected chi connectivity index (χ0v) is 11.7. The first-order valence-corrected chi connectivity index (χ1v) is 6.77. The van der Waals surface area contributed by atoms with Crippen molar-refractivity contribution in [1.29, 1.82) is 0 Å². The minimum Gasteiger partial charge on any atom is -0.480 e. The predicted molar refractivity (Wildman–Crippen MR) is 73.5 cm³/mol. The molecule has 0 aliphatic carbocycles. The van der Waals surface area contributed by atoms with E-state index in [1.165, 1.54) is 22.9 Å². The van der Waals surface area contributed by atoms with Crippen LogP contribution < -0.4 is 0 Å². The molecule has 0 spiro atoms. The molecule has 0 saturated heterocycles. The van der Waals surface area contributed by atoms with Crippen molar-refractivity contribution >= 4 is 17.7 Å². The molecule has 1 rings (SSSR count). The normalized spacial score (nSPS) is 11.8. The van der Waals surface area contributed by atoms with Gasteiger partial charge in [0, 0.05) is 5.75 Å². The highest BCUT2D eigenvalue weighted by molar-refractivity contribution is 8.00. The molecule has 94 valence electrons. The Morgan fingerprint density at radius 1 is 1.29 bits per heavy atom. The van der Waals surface area contributed by atoms with E-state index in [1.54, 1.807) is 13.8 Å². The van der Waals surface area contributed by atoms with Crippen molar-refractivity contribution in [3.05, 3.63) is 35.4 Å². The third-order valence-electron chi connectivity index (χ3n) is 2.76. The first-order valence-electron chi connectivity index (χ1n) is 5.79. The number of carboxylic acid groups (broad SMARTS) is 1. The summed E-state index contributed by atoms with van der Waals surface area (Å²) in [6.07, 6.45) is 0. The van der Waals surface area contributed by atoms with Crippen molar-refractivity contribution in [2.75, 3.05) is 0 Å². The molecule has 2 nitrogen and oxygen atoms in total. The average molecular weight is 252 g/mol. The van der Waals surface area contributed by atoms with E-state index in [2.05, 4.69) is 38.1 Å². The lowest BCUT2D eigenvalue weighted by molar-refractivity contribution is -0.138. The van der Waals surface area contributed by atoms with Gasteiger partial charge in [0.25, 0.3) is 0 Å². The summed E-state index contributed by atoms with van der Waals surface area (Å²) >= 11 is 1.45. The molecule has 0 heterocycles. The van der Waals surface area contributed by atoms with Crippen LogP contribution in [0.15, 0.2) is 24.3 Å². The highest BCUT2D eigenvalue weighted by Gasteiger charge is 2.27. The van der Waals surface area contributed by atoms with Gasteiger partial charge in [-0.05, 0) is 30.9 Å². The van der Waals surface area contributed by atoms with Crippen LogP contribution in [0.2, 0.25) is 0 Å². The second-order valence-corrected chi connectivity index (χ2v) is 6.60. The number of carbonyl (C=O) groups is 1. The fourth-order valence-corrected chi connectivity index (χ4v) is 2.17. The van der Waals surface area contributed by atoms with E-state index in [9.17, 15) is 4.79 Å². The Balaban J connectivity index is 2.62. The second-order valence-electron chi connectivity index (χ2n) is 5.00. The fourth-order valence-electron chi connectivity index (χ4n) is 1.32. The smallest absolute Gasteiger partial charge is 0.319 e. The molecule has 0 atom stereocenters. The van der Waals surface area contributed by atoms with Crippen LogP contribution in [0.25, 0.3) is 0 Å². The van der Waals surface area contributed by atoms with Gasteiger partial charge in [-0.2, -0.15) is 0 Å². The largest absolute Gasteiger partial charge is 0.480 e. The molecule has 0 aliphatic rings. The maximum absolute atomic E-state index is 11.0. The topological polar surface area (TPSA) is 37.3 Å². The maximum atomic E-state index is 11.0. The van der Waals surface area contributed by atoms with E-state index in [0.29, 0.717) is 5.92 Å². The van der Waals surface area contributed by atoms with E-state index >= 15 is 0 Å². The van der Waals surface area contributed by atoms with Crippen LogP contribution in [-0.4, -0.2) is 15.8 Å². The monoisotopic (exact) mass is 252 g/mol. The van der Waals surface area contributed by atoms with E-state index in [0.717, 1.165) is 5.75 Å². The van der Waals surface area contributed by atoms with Crippen LogP contribution in [0.5, 0.6) is 0 Å². The van der Waals surface area contributed by atoms with Crippen molar-refractivity contribution in [3.8, 4) is 0 Å². The average Bonchev–Trinajstić information content (AvgIpc) is 2.27. The third kappa shape index (κ3) is 4.08. The number of benzene rings is 1. The lowest BCUT2D eigenvalue weighted by atomic mass is 10.0. The summed E-state index contributed by atoms with van der Waals surface area (Å²) in [5.41, 5.74) is 2.49. The molecule has 0 amide bonds. The number of rotatable bonds is 5. The van der Waals surface area contributed by atoms with Crippen LogP contribution in [-0.2, 0) is 10.5 Å². The SMILES string of the molecule is CC(C)c1ccc(CSC(C)(C)C(=O)O)cc1. The van der Waals surface area contributed by atoms with E-state index in [-0.39, 0.29) is 0 Å². The van der Waals surface area contributed by atoms with Gasteiger partial charge in [-0.15, -0.1) is 11.8 Å². The van der Waals surface area contributed by atoms with Gasteiger partial charge in [-0.25, -0.2) is 0 Å². The molecule has 1 N–H and O–H groups in total. The minimum absolute atomic E-state index is 0.534. The minimum atomic E-state index is -0.763.